The number of fused-ring (bicyclic) bond motifs is 1. The number of nitrogens with zero attached hydrogens (tertiary/aromatic N) is 3. The zero-order valence-electron chi connectivity index (χ0n) is 18.9. The van der Waals surface area contributed by atoms with Crippen LogP contribution in [0, 0.1) is 0 Å². The summed E-state index contributed by atoms with van der Waals surface area (Å²) in [6.45, 7) is 2.75. The molecule has 1 aliphatic rings. The average molecular weight is 472 g/mol. The van der Waals surface area contributed by atoms with Crippen molar-refractivity contribution in [2.45, 2.75) is 19.3 Å². The van der Waals surface area contributed by atoms with Crippen LogP contribution in [-0.4, -0.2) is 94.8 Å². The molecule has 1 aliphatic heterocycles. The van der Waals surface area contributed by atoms with Crippen molar-refractivity contribution in [3.05, 3.63) is 41.6 Å². The van der Waals surface area contributed by atoms with E-state index < -0.39 is 23.9 Å². The van der Waals surface area contributed by atoms with Crippen LogP contribution in [0.1, 0.15) is 35.3 Å². The highest BCUT2D eigenvalue weighted by molar-refractivity contribution is 5.99. The molecule has 0 spiro atoms. The Bertz CT molecular complexity index is 1070. The first-order chi connectivity index (χ1) is 16.3. The van der Waals surface area contributed by atoms with E-state index in [2.05, 4.69) is 10.3 Å². The molecule has 1 saturated heterocycles. The molecule has 3 N–H and O–H groups in total. The average Bonchev–Trinajstić information content (AvgIpc) is 2.85. The second-order valence-electron chi connectivity index (χ2n) is 7.77. The third-order valence-corrected chi connectivity index (χ3v) is 5.63. The van der Waals surface area contributed by atoms with Gasteiger partial charge in [-0.1, -0.05) is 18.2 Å². The minimum atomic E-state index is -1.12. The Balaban J connectivity index is 1.69. The van der Waals surface area contributed by atoms with Crippen LogP contribution in [0.15, 0.2) is 30.3 Å². The molecule has 0 bridgehead atoms. The predicted molar refractivity (Wildman–Crippen MR) is 121 cm³/mol. The van der Waals surface area contributed by atoms with Gasteiger partial charge in [0.1, 0.15) is 5.69 Å². The molecule has 0 saturated carbocycles. The van der Waals surface area contributed by atoms with Crippen molar-refractivity contribution in [1.82, 2.24) is 20.1 Å². The largest absolute Gasteiger partial charge is 0.481 e. The van der Waals surface area contributed by atoms with Crippen LogP contribution in [-0.2, 0) is 14.3 Å². The van der Waals surface area contributed by atoms with Crippen molar-refractivity contribution >= 4 is 34.8 Å². The van der Waals surface area contributed by atoms with E-state index in [4.69, 9.17) is 4.74 Å². The number of rotatable bonds is 8. The maximum Gasteiger partial charge on any atom is 0.409 e. The first-order valence-corrected chi connectivity index (χ1v) is 11.1. The van der Waals surface area contributed by atoms with Gasteiger partial charge in [0.15, 0.2) is 0 Å². The number of ether oxygens (including phenoxy) is 1. The van der Waals surface area contributed by atoms with Gasteiger partial charge < -0.3 is 30.1 Å². The standard InChI is InChI=1S/C23H28N4O7/c1-2-34-23(33)27-10-8-26(9-11-27)20(29)14-24-21(30)19-13-17(16(7-12-28)22(31)32)15-5-3-4-6-18(15)25-19/h3-6,13,16,28H,2,7-12,14H2,1H3,(H,24,30)(H,31,32). The molecule has 1 atom stereocenters. The topological polar surface area (TPSA) is 149 Å². The number of carbonyl (C=O) groups excluding carboxylic acids is 3. The number of aliphatic hydroxyl groups excluding tert-OH is 1. The molecule has 34 heavy (non-hydrogen) atoms. The van der Waals surface area contributed by atoms with Crippen LogP contribution in [0.25, 0.3) is 10.9 Å². The molecule has 2 heterocycles. The van der Waals surface area contributed by atoms with Crippen LogP contribution in [0.5, 0.6) is 0 Å². The number of carboxylic acid groups (broad SMARTS) is 1. The predicted octanol–water partition coefficient (Wildman–Crippen LogP) is 0.816. The van der Waals surface area contributed by atoms with Gasteiger partial charge in [-0.3, -0.25) is 14.4 Å². The Morgan fingerprint density at radius 1 is 1.12 bits per heavy atom. The molecule has 11 heteroatoms. The lowest BCUT2D eigenvalue weighted by molar-refractivity contribution is -0.139. The Labute approximate surface area is 196 Å². The molecule has 1 aromatic heterocycles. The zero-order chi connectivity index (χ0) is 24.7. The highest BCUT2D eigenvalue weighted by Gasteiger charge is 2.26. The van der Waals surface area contributed by atoms with Crippen molar-refractivity contribution in [2.75, 3.05) is 45.9 Å². The molecular formula is C23H28N4O7. The van der Waals surface area contributed by atoms with Gasteiger partial charge in [0.05, 0.1) is 24.6 Å². The number of aliphatic carboxylic acids is 1. The monoisotopic (exact) mass is 472 g/mol. The Kier molecular flexibility index (Phi) is 8.36. The number of nitrogens with one attached hydrogen (secondary N) is 1. The Morgan fingerprint density at radius 2 is 1.79 bits per heavy atom. The number of pyridine rings is 1. The lowest BCUT2D eigenvalue weighted by Crippen LogP contribution is -2.52. The summed E-state index contributed by atoms with van der Waals surface area (Å²) in [6.07, 6.45) is -0.428. The SMILES string of the molecule is CCOC(=O)N1CCN(C(=O)CNC(=O)c2cc(C(CCO)C(=O)O)c3ccccc3n2)CC1. The van der Waals surface area contributed by atoms with E-state index in [1.165, 1.54) is 11.0 Å². The summed E-state index contributed by atoms with van der Waals surface area (Å²) >= 11 is 0. The van der Waals surface area contributed by atoms with Crippen molar-refractivity contribution in [2.24, 2.45) is 0 Å². The van der Waals surface area contributed by atoms with Gasteiger partial charge in [-0.15, -0.1) is 0 Å². The fourth-order valence-corrected chi connectivity index (χ4v) is 3.86. The summed E-state index contributed by atoms with van der Waals surface area (Å²) in [5, 5.41) is 22.1. The minimum absolute atomic E-state index is 0.0132. The molecule has 1 aromatic carbocycles. The van der Waals surface area contributed by atoms with Crippen LogP contribution >= 0.6 is 0 Å². The molecule has 1 fully saturated rings. The highest BCUT2D eigenvalue weighted by Crippen LogP contribution is 2.28. The molecule has 2 aromatic rings. The number of aliphatic hydroxyl groups is 1. The normalized spacial score (nSPS) is 14.5. The number of amides is 3. The quantitative estimate of drug-likeness (QED) is 0.511. The number of carbonyl (C=O) groups is 4. The highest BCUT2D eigenvalue weighted by atomic mass is 16.6. The second-order valence-corrected chi connectivity index (χ2v) is 7.77. The molecular weight excluding hydrogens is 444 g/mol. The van der Waals surface area contributed by atoms with Gasteiger partial charge in [-0.25, -0.2) is 9.78 Å². The molecule has 3 amide bonds. The number of aromatic nitrogens is 1. The lowest BCUT2D eigenvalue weighted by atomic mass is 9.92. The maximum atomic E-state index is 12.8. The summed E-state index contributed by atoms with van der Waals surface area (Å²) in [4.78, 5) is 56.3. The van der Waals surface area contributed by atoms with E-state index in [1.807, 2.05) is 0 Å². The van der Waals surface area contributed by atoms with E-state index >= 15 is 0 Å². The van der Waals surface area contributed by atoms with E-state index in [0.29, 0.717) is 42.6 Å². The number of hydrogen-bond donors (Lipinski definition) is 3. The van der Waals surface area contributed by atoms with E-state index in [1.54, 1.807) is 36.1 Å². The fraction of sp³-hybridized carbons (Fsp3) is 0.435. The number of benzene rings is 1. The third kappa shape index (κ3) is 5.79. The van der Waals surface area contributed by atoms with Crippen LogP contribution < -0.4 is 5.32 Å². The number of para-hydroxylation sites is 1. The molecule has 0 aliphatic carbocycles. The summed E-state index contributed by atoms with van der Waals surface area (Å²) in [5.41, 5.74) is 0.798. The van der Waals surface area contributed by atoms with Crippen molar-refractivity contribution in [1.29, 1.82) is 0 Å². The molecule has 3 rings (SSSR count). The zero-order valence-corrected chi connectivity index (χ0v) is 18.9. The summed E-state index contributed by atoms with van der Waals surface area (Å²) in [7, 11) is 0. The second kappa shape index (κ2) is 11.4. The van der Waals surface area contributed by atoms with E-state index in [0.717, 1.165) is 0 Å². The molecule has 182 valence electrons. The Morgan fingerprint density at radius 3 is 2.44 bits per heavy atom. The fourth-order valence-electron chi connectivity index (χ4n) is 3.86. The summed E-state index contributed by atoms with van der Waals surface area (Å²) < 4.78 is 4.96. The lowest BCUT2D eigenvalue weighted by Gasteiger charge is -2.34. The molecule has 1 unspecified atom stereocenters. The number of piperazine rings is 1. The van der Waals surface area contributed by atoms with Crippen LogP contribution in [0.3, 0.4) is 0 Å². The first kappa shape index (κ1) is 24.9. The Hall–Kier alpha value is -3.73. The van der Waals surface area contributed by atoms with Crippen molar-refractivity contribution in [3.63, 3.8) is 0 Å². The third-order valence-electron chi connectivity index (χ3n) is 5.63. The molecule has 0 radical (unpaired) electrons. The minimum Gasteiger partial charge on any atom is -0.481 e. The van der Waals surface area contributed by atoms with Gasteiger partial charge in [0, 0.05) is 38.2 Å². The van der Waals surface area contributed by atoms with Crippen molar-refractivity contribution in [3.8, 4) is 0 Å². The molecule has 11 nitrogen and oxygen atoms in total. The van der Waals surface area contributed by atoms with Crippen LogP contribution in [0.4, 0.5) is 4.79 Å². The van der Waals surface area contributed by atoms with E-state index in [9.17, 15) is 29.4 Å². The van der Waals surface area contributed by atoms with Gasteiger partial charge in [0.2, 0.25) is 5.91 Å². The smallest absolute Gasteiger partial charge is 0.409 e. The summed E-state index contributed by atoms with van der Waals surface area (Å²) in [5.74, 6) is -3.05. The first-order valence-electron chi connectivity index (χ1n) is 11.1. The number of hydrogen-bond acceptors (Lipinski definition) is 7. The van der Waals surface area contributed by atoms with Crippen LogP contribution in [0.2, 0.25) is 0 Å². The van der Waals surface area contributed by atoms with Gasteiger partial charge in [0.25, 0.3) is 5.91 Å². The summed E-state index contributed by atoms with van der Waals surface area (Å²) in [6, 6.07) is 8.25. The van der Waals surface area contributed by atoms with Crippen molar-refractivity contribution < 1.29 is 34.1 Å². The van der Waals surface area contributed by atoms with E-state index in [-0.39, 0.29) is 37.8 Å². The maximum absolute atomic E-state index is 12.8. The number of carboxylic acids is 1. The van der Waals surface area contributed by atoms with Gasteiger partial charge in [-0.2, -0.15) is 0 Å². The van der Waals surface area contributed by atoms with Gasteiger partial charge in [-0.05, 0) is 31.0 Å². The van der Waals surface area contributed by atoms with Gasteiger partial charge >= 0.3 is 12.1 Å².